The smallest absolute Gasteiger partial charge is 0.0924 e. The van der Waals surface area contributed by atoms with Crippen LogP contribution in [0.4, 0.5) is 0 Å². The maximum atomic E-state index is 10.3. The van der Waals surface area contributed by atoms with E-state index in [0.717, 1.165) is 18.5 Å². The summed E-state index contributed by atoms with van der Waals surface area (Å²) in [5.74, 6) is 0. The second-order valence-corrected chi connectivity index (χ2v) is 5.17. The van der Waals surface area contributed by atoms with E-state index in [4.69, 9.17) is 0 Å². The van der Waals surface area contributed by atoms with Crippen molar-refractivity contribution in [3.8, 4) is 0 Å². The monoisotopic (exact) mass is 241 g/mol. The normalized spacial score (nSPS) is 28.9. The summed E-state index contributed by atoms with van der Waals surface area (Å²) in [6, 6.07) is 11.2. The molecule has 0 aromatic heterocycles. The minimum absolute atomic E-state index is 0.298. The fraction of sp³-hybridized carbons (Fsp3) is 0.375. The van der Waals surface area contributed by atoms with Crippen molar-refractivity contribution in [3.05, 3.63) is 59.7 Å². The zero-order valence-electron chi connectivity index (χ0n) is 10.7. The van der Waals surface area contributed by atoms with Gasteiger partial charge in [-0.3, -0.25) is 4.90 Å². The van der Waals surface area contributed by atoms with Gasteiger partial charge in [0.15, 0.2) is 0 Å². The van der Waals surface area contributed by atoms with E-state index in [1.165, 1.54) is 5.56 Å². The Balaban J connectivity index is 1.64. The van der Waals surface area contributed by atoms with Crippen molar-refractivity contribution in [3.63, 3.8) is 0 Å². The molecule has 0 saturated carbocycles. The molecule has 0 amide bonds. The van der Waals surface area contributed by atoms with Gasteiger partial charge in [0.2, 0.25) is 0 Å². The highest BCUT2D eigenvalue weighted by molar-refractivity contribution is 5.30. The molecule has 1 aliphatic heterocycles. The predicted molar refractivity (Wildman–Crippen MR) is 73.2 cm³/mol. The molecule has 0 spiro atoms. The Hall–Kier alpha value is -1.38. The molecule has 0 radical (unpaired) electrons. The summed E-state index contributed by atoms with van der Waals surface area (Å²) in [4.78, 5) is 2.36. The summed E-state index contributed by atoms with van der Waals surface area (Å²) >= 11 is 0. The van der Waals surface area contributed by atoms with Crippen molar-refractivity contribution < 1.29 is 5.11 Å². The first-order chi connectivity index (χ1) is 8.77. The topological polar surface area (TPSA) is 23.2 Å². The average Bonchev–Trinajstić information content (AvgIpc) is 3.03. The third kappa shape index (κ3) is 2.14. The number of benzene rings is 1. The molecule has 2 nitrogen and oxygen atoms in total. The van der Waals surface area contributed by atoms with Crippen molar-refractivity contribution in [2.24, 2.45) is 0 Å². The van der Waals surface area contributed by atoms with Crippen molar-refractivity contribution in [2.45, 2.75) is 31.5 Å². The lowest BCUT2D eigenvalue weighted by atomic mass is 10.1. The number of nitrogens with zero attached hydrogens (tertiary/aromatic N) is 1. The molecule has 2 heteroatoms. The van der Waals surface area contributed by atoms with Gasteiger partial charge in [0.1, 0.15) is 0 Å². The van der Waals surface area contributed by atoms with E-state index in [2.05, 4.69) is 42.2 Å². The number of aliphatic hydroxyl groups is 1. The first-order valence-electron chi connectivity index (χ1n) is 6.61. The molecule has 4 atom stereocenters. The first kappa shape index (κ1) is 11.7. The van der Waals surface area contributed by atoms with Gasteiger partial charge < -0.3 is 5.11 Å². The standard InChI is InChI=1S/C16H19NO/c1-12(13-7-3-2-4-8-13)17-11-15(17)16(18)14-9-5-6-10-14/h2-9,12,15-16,18H,10-11H2,1H3/t12?,15-,16+,17?/m1/s1. The third-order valence-electron chi connectivity index (χ3n) is 4.01. The Morgan fingerprint density at radius 1 is 1.28 bits per heavy atom. The van der Waals surface area contributed by atoms with Crippen molar-refractivity contribution >= 4 is 0 Å². The van der Waals surface area contributed by atoms with E-state index in [0.29, 0.717) is 12.1 Å². The van der Waals surface area contributed by atoms with Crippen molar-refractivity contribution in [1.29, 1.82) is 0 Å². The summed E-state index contributed by atoms with van der Waals surface area (Å²) in [6.07, 6.45) is 6.79. The second kappa shape index (κ2) is 4.71. The van der Waals surface area contributed by atoms with Gasteiger partial charge in [-0.05, 0) is 24.5 Å². The molecule has 1 N–H and O–H groups in total. The van der Waals surface area contributed by atoms with Crippen LogP contribution in [-0.4, -0.2) is 28.7 Å². The van der Waals surface area contributed by atoms with Crippen LogP contribution in [0.3, 0.4) is 0 Å². The molecular formula is C16H19NO. The van der Waals surface area contributed by atoms with Crippen LogP contribution in [0.15, 0.2) is 54.1 Å². The van der Waals surface area contributed by atoms with Crippen molar-refractivity contribution in [2.75, 3.05) is 6.54 Å². The molecule has 1 saturated heterocycles. The summed E-state index contributed by atoms with van der Waals surface area (Å²) in [5, 5.41) is 10.3. The molecule has 1 aromatic carbocycles. The van der Waals surface area contributed by atoms with E-state index in [-0.39, 0.29) is 6.10 Å². The minimum Gasteiger partial charge on any atom is -0.387 e. The Labute approximate surface area is 108 Å². The molecule has 2 unspecified atom stereocenters. The van der Waals surface area contributed by atoms with Crippen molar-refractivity contribution in [1.82, 2.24) is 4.90 Å². The zero-order chi connectivity index (χ0) is 12.5. The van der Waals surface area contributed by atoms with Crippen LogP contribution in [0.1, 0.15) is 24.9 Å². The highest BCUT2D eigenvalue weighted by Crippen LogP contribution is 2.36. The van der Waals surface area contributed by atoms with Crippen LogP contribution in [0.2, 0.25) is 0 Å². The molecule has 3 rings (SSSR count). The molecule has 1 aromatic rings. The van der Waals surface area contributed by atoms with E-state index in [9.17, 15) is 5.11 Å². The fourth-order valence-corrected chi connectivity index (χ4v) is 2.75. The number of hydrogen-bond donors (Lipinski definition) is 1. The Morgan fingerprint density at radius 3 is 2.72 bits per heavy atom. The SMILES string of the molecule is CC(c1ccccc1)N1C[C@@H]1[C@@H](O)C1=CC=CC1. The summed E-state index contributed by atoms with van der Waals surface area (Å²) in [6.45, 7) is 3.21. The van der Waals surface area contributed by atoms with Gasteiger partial charge in [0.25, 0.3) is 0 Å². The quantitative estimate of drug-likeness (QED) is 0.819. The van der Waals surface area contributed by atoms with Gasteiger partial charge in [-0.15, -0.1) is 0 Å². The number of aliphatic hydroxyl groups excluding tert-OH is 1. The minimum atomic E-state index is -0.300. The van der Waals surface area contributed by atoms with Gasteiger partial charge >= 0.3 is 0 Å². The van der Waals surface area contributed by atoms with Crippen LogP contribution in [0, 0.1) is 0 Å². The lowest BCUT2D eigenvalue weighted by Gasteiger charge is -2.17. The first-order valence-corrected chi connectivity index (χ1v) is 6.61. The van der Waals surface area contributed by atoms with Crippen LogP contribution >= 0.6 is 0 Å². The van der Waals surface area contributed by atoms with E-state index in [1.807, 2.05) is 18.2 Å². The zero-order valence-corrected chi connectivity index (χ0v) is 10.7. The van der Waals surface area contributed by atoms with Crippen LogP contribution in [-0.2, 0) is 0 Å². The fourth-order valence-electron chi connectivity index (χ4n) is 2.75. The molecule has 1 heterocycles. The van der Waals surface area contributed by atoms with Crippen LogP contribution in [0.25, 0.3) is 0 Å². The molecule has 0 bridgehead atoms. The Kier molecular flexibility index (Phi) is 3.06. The summed E-state index contributed by atoms with van der Waals surface area (Å²) in [7, 11) is 0. The van der Waals surface area contributed by atoms with Gasteiger partial charge in [-0.1, -0.05) is 48.6 Å². The highest BCUT2D eigenvalue weighted by atomic mass is 16.3. The third-order valence-corrected chi connectivity index (χ3v) is 4.01. The maximum absolute atomic E-state index is 10.3. The Morgan fingerprint density at radius 2 is 2.06 bits per heavy atom. The molecule has 1 aliphatic carbocycles. The summed E-state index contributed by atoms with van der Waals surface area (Å²) < 4.78 is 0. The number of rotatable bonds is 4. The molecular weight excluding hydrogens is 222 g/mol. The van der Waals surface area contributed by atoms with Gasteiger partial charge in [-0.2, -0.15) is 0 Å². The summed E-state index contributed by atoms with van der Waals surface area (Å²) in [5.41, 5.74) is 2.48. The van der Waals surface area contributed by atoms with E-state index in [1.54, 1.807) is 0 Å². The lowest BCUT2D eigenvalue weighted by Crippen LogP contribution is -2.22. The highest BCUT2D eigenvalue weighted by Gasteiger charge is 2.44. The van der Waals surface area contributed by atoms with Gasteiger partial charge in [-0.25, -0.2) is 0 Å². The molecule has 2 aliphatic rings. The molecule has 1 fully saturated rings. The second-order valence-electron chi connectivity index (χ2n) is 5.17. The van der Waals surface area contributed by atoms with Gasteiger partial charge in [0.05, 0.1) is 12.1 Å². The average molecular weight is 241 g/mol. The lowest BCUT2D eigenvalue weighted by molar-refractivity contribution is 0.180. The van der Waals surface area contributed by atoms with E-state index < -0.39 is 0 Å². The number of allylic oxidation sites excluding steroid dienone is 3. The predicted octanol–water partition coefficient (Wildman–Crippen LogP) is 2.68. The molecule has 94 valence electrons. The molecule has 18 heavy (non-hydrogen) atoms. The van der Waals surface area contributed by atoms with Crippen LogP contribution in [0.5, 0.6) is 0 Å². The largest absolute Gasteiger partial charge is 0.387 e. The van der Waals surface area contributed by atoms with Crippen LogP contribution < -0.4 is 0 Å². The van der Waals surface area contributed by atoms with E-state index >= 15 is 0 Å². The number of hydrogen-bond acceptors (Lipinski definition) is 2. The maximum Gasteiger partial charge on any atom is 0.0924 e. The Bertz CT molecular complexity index is 477. The van der Waals surface area contributed by atoms with Gasteiger partial charge in [0, 0.05) is 12.6 Å².